The topological polar surface area (TPSA) is 83.6 Å². The number of hydrogen-bond donors (Lipinski definition) is 2. The first-order valence-electron chi connectivity index (χ1n) is 5.21. The molecule has 0 amide bonds. The Balaban J connectivity index is 2.37. The molecule has 1 fully saturated rings. The Bertz CT molecular complexity index is 547. The molecule has 3 N–H and O–H groups in total. The molecule has 1 aromatic carbocycles. The van der Waals surface area contributed by atoms with Crippen LogP contribution >= 0.6 is 31.9 Å². The molecular weight excluding hydrogens is 388 g/mol. The number of sulfonamides is 1. The van der Waals surface area contributed by atoms with Crippen molar-refractivity contribution in [2.45, 2.75) is 4.90 Å². The lowest BCUT2D eigenvalue weighted by Gasteiger charge is -2.37. The smallest absolute Gasteiger partial charge is 0.245 e. The third-order valence-corrected chi connectivity index (χ3v) is 6.51. The van der Waals surface area contributed by atoms with Crippen LogP contribution in [0, 0.1) is 5.92 Å². The standard InChI is InChI=1S/C10H12Br2N2O3S/c11-8-1-7(13)2-9(12)10(8)18(16,17)14-3-6(4-14)5-15/h1-2,6,15H,3-5,13H2. The number of aliphatic hydroxyl groups is 1. The molecule has 1 aromatic rings. The number of halogens is 2. The first kappa shape index (κ1) is 14.3. The van der Waals surface area contributed by atoms with E-state index >= 15 is 0 Å². The Morgan fingerprint density at radius 1 is 1.33 bits per heavy atom. The molecule has 0 atom stereocenters. The Morgan fingerprint density at radius 2 is 1.83 bits per heavy atom. The lowest BCUT2D eigenvalue weighted by Crippen LogP contribution is -2.51. The van der Waals surface area contributed by atoms with Crippen LogP contribution in [0.1, 0.15) is 0 Å². The Morgan fingerprint density at radius 3 is 2.28 bits per heavy atom. The molecule has 0 aromatic heterocycles. The fourth-order valence-electron chi connectivity index (χ4n) is 1.79. The minimum absolute atomic E-state index is 0.0100. The van der Waals surface area contributed by atoms with Crippen LogP contribution in [0.3, 0.4) is 0 Å². The van der Waals surface area contributed by atoms with E-state index in [1.54, 1.807) is 12.1 Å². The van der Waals surface area contributed by atoms with Gasteiger partial charge in [-0.15, -0.1) is 0 Å². The molecule has 8 heteroatoms. The lowest BCUT2D eigenvalue weighted by atomic mass is 10.1. The molecule has 0 saturated carbocycles. The first-order valence-corrected chi connectivity index (χ1v) is 8.24. The molecule has 1 aliphatic rings. The van der Waals surface area contributed by atoms with Gasteiger partial charge in [0.1, 0.15) is 4.90 Å². The first-order chi connectivity index (χ1) is 8.36. The van der Waals surface area contributed by atoms with E-state index in [0.29, 0.717) is 27.7 Å². The minimum Gasteiger partial charge on any atom is -0.399 e. The molecule has 1 saturated heterocycles. The molecule has 100 valence electrons. The summed E-state index contributed by atoms with van der Waals surface area (Å²) in [5.41, 5.74) is 6.11. The van der Waals surface area contributed by atoms with Gasteiger partial charge in [-0.05, 0) is 44.0 Å². The number of nitrogens with zero attached hydrogens (tertiary/aromatic N) is 1. The third-order valence-electron chi connectivity index (χ3n) is 2.80. The fraction of sp³-hybridized carbons (Fsp3) is 0.400. The maximum Gasteiger partial charge on any atom is 0.245 e. The molecule has 0 bridgehead atoms. The average Bonchev–Trinajstić information content (AvgIpc) is 2.12. The van der Waals surface area contributed by atoms with Crippen LogP contribution in [-0.4, -0.2) is 37.5 Å². The van der Waals surface area contributed by atoms with Gasteiger partial charge >= 0.3 is 0 Å². The Kier molecular flexibility index (Phi) is 4.03. The van der Waals surface area contributed by atoms with Gasteiger partial charge in [0.25, 0.3) is 0 Å². The molecule has 1 heterocycles. The molecule has 18 heavy (non-hydrogen) atoms. The summed E-state index contributed by atoms with van der Waals surface area (Å²) in [7, 11) is -3.55. The summed E-state index contributed by atoms with van der Waals surface area (Å²) >= 11 is 6.44. The summed E-state index contributed by atoms with van der Waals surface area (Å²) in [6, 6.07) is 3.11. The van der Waals surface area contributed by atoms with Gasteiger partial charge in [-0.2, -0.15) is 4.31 Å². The predicted molar refractivity (Wildman–Crippen MR) is 75.6 cm³/mol. The van der Waals surface area contributed by atoms with Crippen LogP contribution in [-0.2, 0) is 10.0 Å². The van der Waals surface area contributed by atoms with E-state index in [1.165, 1.54) is 4.31 Å². The highest BCUT2D eigenvalue weighted by Gasteiger charge is 2.38. The molecule has 1 aliphatic heterocycles. The van der Waals surface area contributed by atoms with Gasteiger partial charge < -0.3 is 10.8 Å². The van der Waals surface area contributed by atoms with Crippen molar-refractivity contribution in [3.05, 3.63) is 21.1 Å². The van der Waals surface area contributed by atoms with E-state index in [-0.39, 0.29) is 17.4 Å². The summed E-state index contributed by atoms with van der Waals surface area (Å²) in [4.78, 5) is 0.174. The van der Waals surface area contributed by atoms with E-state index in [9.17, 15) is 8.42 Å². The molecule has 0 spiro atoms. The SMILES string of the molecule is Nc1cc(Br)c(S(=O)(=O)N2CC(CO)C2)c(Br)c1. The molecule has 0 radical (unpaired) electrons. The van der Waals surface area contributed by atoms with Crippen LogP contribution in [0.5, 0.6) is 0 Å². The van der Waals surface area contributed by atoms with Crippen molar-refractivity contribution in [1.82, 2.24) is 4.31 Å². The Hall–Kier alpha value is -0.150. The highest BCUT2D eigenvalue weighted by Crippen LogP contribution is 2.36. The molecule has 0 aliphatic carbocycles. The quantitative estimate of drug-likeness (QED) is 0.752. The monoisotopic (exact) mass is 398 g/mol. The number of anilines is 1. The van der Waals surface area contributed by atoms with Gasteiger partial charge in [0.2, 0.25) is 10.0 Å². The minimum atomic E-state index is -3.55. The second-order valence-corrected chi connectivity index (χ2v) is 7.77. The fourth-order valence-corrected chi connectivity index (χ4v) is 5.92. The summed E-state index contributed by atoms with van der Waals surface area (Å²) in [6.07, 6.45) is 0. The number of aliphatic hydroxyl groups excluding tert-OH is 1. The van der Waals surface area contributed by atoms with Gasteiger partial charge in [-0.1, -0.05) is 0 Å². The van der Waals surface area contributed by atoms with Crippen molar-refractivity contribution < 1.29 is 13.5 Å². The van der Waals surface area contributed by atoms with Crippen molar-refractivity contribution in [3.63, 3.8) is 0 Å². The zero-order valence-corrected chi connectivity index (χ0v) is 13.3. The van der Waals surface area contributed by atoms with Crippen LogP contribution in [0.2, 0.25) is 0 Å². The normalized spacial score (nSPS) is 17.7. The van der Waals surface area contributed by atoms with Crippen molar-refractivity contribution >= 4 is 47.6 Å². The van der Waals surface area contributed by atoms with Gasteiger partial charge in [0.05, 0.1) is 0 Å². The maximum atomic E-state index is 12.4. The van der Waals surface area contributed by atoms with Crippen molar-refractivity contribution in [3.8, 4) is 0 Å². The van der Waals surface area contributed by atoms with E-state index in [0.717, 1.165) is 0 Å². The van der Waals surface area contributed by atoms with Gasteiger partial charge in [0.15, 0.2) is 0 Å². The highest BCUT2D eigenvalue weighted by molar-refractivity contribution is 9.11. The number of rotatable bonds is 3. The van der Waals surface area contributed by atoms with Crippen LogP contribution < -0.4 is 5.73 Å². The van der Waals surface area contributed by atoms with E-state index in [1.807, 2.05) is 0 Å². The van der Waals surface area contributed by atoms with Crippen LogP contribution in [0.15, 0.2) is 26.0 Å². The number of benzene rings is 1. The Labute approximate surface area is 122 Å². The van der Waals surface area contributed by atoms with Gasteiger partial charge in [-0.3, -0.25) is 0 Å². The second-order valence-electron chi connectivity index (χ2n) is 4.18. The lowest BCUT2D eigenvalue weighted by molar-refractivity contribution is 0.117. The van der Waals surface area contributed by atoms with Crippen LogP contribution in [0.4, 0.5) is 5.69 Å². The molecular formula is C10H12Br2N2O3S. The van der Waals surface area contributed by atoms with Crippen LogP contribution in [0.25, 0.3) is 0 Å². The second kappa shape index (κ2) is 5.09. The third kappa shape index (κ3) is 2.44. The van der Waals surface area contributed by atoms with Crippen molar-refractivity contribution in [2.24, 2.45) is 5.92 Å². The summed E-state index contributed by atoms with van der Waals surface area (Å²) in [5.74, 6) is 0.0334. The molecule has 2 rings (SSSR count). The van der Waals surface area contributed by atoms with Gasteiger partial charge in [0, 0.05) is 40.2 Å². The summed E-state index contributed by atoms with van der Waals surface area (Å²) in [5, 5.41) is 8.93. The van der Waals surface area contributed by atoms with Gasteiger partial charge in [-0.25, -0.2) is 8.42 Å². The molecule has 5 nitrogen and oxygen atoms in total. The molecule has 0 unspecified atom stereocenters. The maximum absolute atomic E-state index is 12.4. The zero-order chi connectivity index (χ0) is 13.5. The van der Waals surface area contributed by atoms with Crippen molar-refractivity contribution in [2.75, 3.05) is 25.4 Å². The highest BCUT2D eigenvalue weighted by atomic mass is 79.9. The largest absolute Gasteiger partial charge is 0.399 e. The average molecular weight is 400 g/mol. The number of hydrogen-bond acceptors (Lipinski definition) is 4. The summed E-state index contributed by atoms with van der Waals surface area (Å²) < 4.78 is 27.0. The number of nitrogens with two attached hydrogens (primary N) is 1. The van der Waals surface area contributed by atoms with E-state index in [4.69, 9.17) is 10.8 Å². The number of nitrogen functional groups attached to an aromatic ring is 1. The zero-order valence-electron chi connectivity index (χ0n) is 9.31. The summed E-state index contributed by atoms with van der Waals surface area (Å²) in [6.45, 7) is 0.709. The van der Waals surface area contributed by atoms with Crippen molar-refractivity contribution in [1.29, 1.82) is 0 Å². The van der Waals surface area contributed by atoms with E-state index in [2.05, 4.69) is 31.9 Å². The van der Waals surface area contributed by atoms with E-state index < -0.39 is 10.0 Å². The predicted octanol–water partition coefficient (Wildman–Crippen LogP) is 1.41.